The number of ether oxygens (including phenoxy) is 2. The third-order valence-electron chi connectivity index (χ3n) is 7.34. The van der Waals surface area contributed by atoms with Gasteiger partial charge in [0.15, 0.2) is 0 Å². The maximum Gasteiger partial charge on any atom is 0.434 e. The molecule has 0 spiro atoms. The van der Waals surface area contributed by atoms with E-state index in [0.29, 0.717) is 22.3 Å². The van der Waals surface area contributed by atoms with Crippen molar-refractivity contribution in [3.8, 4) is 11.3 Å². The quantitative estimate of drug-likeness (QED) is 0.102. The lowest BCUT2D eigenvalue weighted by Crippen LogP contribution is -2.46. The second-order valence-corrected chi connectivity index (χ2v) is 10.3. The number of non-ortho nitro benzene ring substituents is 1. The van der Waals surface area contributed by atoms with Crippen LogP contribution in [0.1, 0.15) is 57.9 Å². The van der Waals surface area contributed by atoms with Crippen molar-refractivity contribution in [2.45, 2.75) is 45.5 Å². The number of alkyl halides is 3. The molecule has 0 saturated heterocycles. The van der Waals surface area contributed by atoms with Gasteiger partial charge < -0.3 is 13.9 Å². The highest BCUT2D eigenvalue weighted by molar-refractivity contribution is 5.99. The maximum absolute atomic E-state index is 14.6. The lowest BCUT2D eigenvalue weighted by atomic mass is 9.95. The number of esters is 2. The molecule has 5 aromatic rings. The summed E-state index contributed by atoms with van der Waals surface area (Å²) in [5.41, 5.74) is -0.728. The number of benzene rings is 1. The van der Waals surface area contributed by atoms with E-state index in [2.05, 4.69) is 15.3 Å². The molecule has 1 atom stereocenters. The van der Waals surface area contributed by atoms with Gasteiger partial charge in [0.2, 0.25) is 0 Å². The highest BCUT2D eigenvalue weighted by Gasteiger charge is 2.60. The predicted octanol–water partition coefficient (Wildman–Crippen LogP) is 6.06. The van der Waals surface area contributed by atoms with Gasteiger partial charge in [-0.05, 0) is 68.3 Å². The molecule has 0 aliphatic rings. The molecule has 0 radical (unpaired) electrons. The molecule has 4 heterocycles. The number of fused-ring (bicyclic) bond motifs is 1. The van der Waals surface area contributed by atoms with E-state index in [-0.39, 0.29) is 24.4 Å². The predicted molar refractivity (Wildman–Crippen MR) is 157 cm³/mol. The zero-order valence-electron chi connectivity index (χ0n) is 24.8. The van der Waals surface area contributed by atoms with Gasteiger partial charge in [-0.1, -0.05) is 12.1 Å². The minimum absolute atomic E-state index is 0.00106. The minimum Gasteiger partial charge on any atom is -0.462 e. The van der Waals surface area contributed by atoms with E-state index in [4.69, 9.17) is 9.47 Å². The molecule has 0 fully saturated rings. The Morgan fingerprint density at radius 1 is 1.02 bits per heavy atom. The van der Waals surface area contributed by atoms with Crippen LogP contribution in [0.25, 0.3) is 16.8 Å². The van der Waals surface area contributed by atoms with Crippen LogP contribution in [0.2, 0.25) is 0 Å². The normalized spacial score (nSPS) is 12.9. The summed E-state index contributed by atoms with van der Waals surface area (Å²) in [6.45, 7) is 4.91. The molecule has 1 aromatic carbocycles. The van der Waals surface area contributed by atoms with E-state index >= 15 is 0 Å². The third-order valence-corrected chi connectivity index (χ3v) is 7.34. The van der Waals surface area contributed by atoms with Gasteiger partial charge in [0.1, 0.15) is 5.69 Å². The zero-order valence-corrected chi connectivity index (χ0v) is 24.8. The molecule has 0 aliphatic carbocycles. The number of nitro groups is 1. The van der Waals surface area contributed by atoms with E-state index in [0.717, 1.165) is 41.7 Å². The van der Waals surface area contributed by atoms with Crippen molar-refractivity contribution in [3.63, 3.8) is 0 Å². The van der Waals surface area contributed by atoms with Crippen molar-refractivity contribution >= 4 is 23.1 Å². The summed E-state index contributed by atoms with van der Waals surface area (Å²) < 4.78 is 57.0. The van der Waals surface area contributed by atoms with E-state index in [1.165, 1.54) is 11.6 Å². The number of aromatic nitrogens is 5. The maximum atomic E-state index is 14.6. The molecule has 4 aromatic heterocycles. The molecule has 0 amide bonds. The fraction of sp³-hybridized carbons (Fsp3) is 0.258. The molecular formula is C31H27F3N6O6. The SMILES string of the molecule is CCOC(=O)c1cc2cc(Cn3cc(C(CC)(OC(=O)c4ccc([N+](=O)[O-])cc4)C(F)(F)F)nn3)ccn2c1-c1ccnc(C)c1. The van der Waals surface area contributed by atoms with Crippen LogP contribution in [0.3, 0.4) is 0 Å². The molecule has 0 bridgehead atoms. The molecule has 1 unspecified atom stereocenters. The van der Waals surface area contributed by atoms with Gasteiger partial charge in [-0.3, -0.25) is 15.1 Å². The van der Waals surface area contributed by atoms with Gasteiger partial charge in [0.25, 0.3) is 11.3 Å². The molecule has 5 rings (SSSR count). The Hall–Kier alpha value is -5.60. The Balaban J connectivity index is 1.46. The molecule has 46 heavy (non-hydrogen) atoms. The molecule has 238 valence electrons. The average molecular weight is 637 g/mol. The van der Waals surface area contributed by atoms with Crippen LogP contribution < -0.4 is 0 Å². The Morgan fingerprint density at radius 2 is 1.76 bits per heavy atom. The lowest BCUT2D eigenvalue weighted by molar-refractivity contribution is -0.384. The molecule has 0 aliphatic heterocycles. The Morgan fingerprint density at radius 3 is 2.39 bits per heavy atom. The first-order valence-corrected chi connectivity index (χ1v) is 14.1. The zero-order chi connectivity index (χ0) is 33.2. The van der Waals surface area contributed by atoms with Crippen LogP contribution in [0.15, 0.2) is 73.2 Å². The number of carbonyl (C=O) groups excluding carboxylic acids is 2. The largest absolute Gasteiger partial charge is 0.462 e. The van der Waals surface area contributed by atoms with Crippen molar-refractivity contribution in [2.24, 2.45) is 0 Å². The fourth-order valence-electron chi connectivity index (χ4n) is 5.07. The molecule has 0 N–H and O–H groups in total. The molecule has 12 nitrogen and oxygen atoms in total. The summed E-state index contributed by atoms with van der Waals surface area (Å²) >= 11 is 0. The van der Waals surface area contributed by atoms with E-state index in [9.17, 15) is 32.9 Å². The van der Waals surface area contributed by atoms with Crippen LogP contribution in [0, 0.1) is 17.0 Å². The summed E-state index contributed by atoms with van der Waals surface area (Å²) in [5.74, 6) is -1.84. The van der Waals surface area contributed by atoms with E-state index in [1.54, 1.807) is 48.0 Å². The van der Waals surface area contributed by atoms with Gasteiger partial charge in [0, 0.05) is 41.3 Å². The minimum atomic E-state index is -5.07. The summed E-state index contributed by atoms with van der Waals surface area (Å²) in [7, 11) is 0. The number of halogens is 3. The average Bonchev–Trinajstić information content (AvgIpc) is 3.64. The number of aryl methyl sites for hydroxylation is 1. The lowest BCUT2D eigenvalue weighted by Gasteiger charge is -2.32. The monoisotopic (exact) mass is 636 g/mol. The second kappa shape index (κ2) is 12.4. The second-order valence-electron chi connectivity index (χ2n) is 10.3. The van der Waals surface area contributed by atoms with Crippen molar-refractivity contribution in [1.29, 1.82) is 0 Å². The Kier molecular flexibility index (Phi) is 8.59. The van der Waals surface area contributed by atoms with Gasteiger partial charge >= 0.3 is 18.1 Å². The summed E-state index contributed by atoms with van der Waals surface area (Å²) in [6, 6.07) is 12.8. The number of nitrogens with zero attached hydrogens (tertiary/aromatic N) is 6. The number of nitro benzene ring substituents is 1. The van der Waals surface area contributed by atoms with Crippen LogP contribution in [-0.4, -0.2) is 54.0 Å². The van der Waals surface area contributed by atoms with Crippen LogP contribution in [-0.2, 0) is 21.6 Å². The van der Waals surface area contributed by atoms with Crippen molar-refractivity contribution < 1.29 is 37.2 Å². The number of carbonyl (C=O) groups is 2. The van der Waals surface area contributed by atoms with Crippen LogP contribution in [0.5, 0.6) is 0 Å². The first-order valence-electron chi connectivity index (χ1n) is 14.1. The summed E-state index contributed by atoms with van der Waals surface area (Å²) in [4.78, 5) is 40.1. The fourth-order valence-corrected chi connectivity index (χ4v) is 5.07. The number of hydrogen-bond acceptors (Lipinski definition) is 9. The van der Waals surface area contributed by atoms with Crippen molar-refractivity contribution in [2.75, 3.05) is 6.61 Å². The van der Waals surface area contributed by atoms with Gasteiger partial charge in [-0.15, -0.1) is 5.10 Å². The van der Waals surface area contributed by atoms with Gasteiger partial charge in [-0.2, -0.15) is 13.2 Å². The highest BCUT2D eigenvalue weighted by atomic mass is 19.4. The van der Waals surface area contributed by atoms with E-state index in [1.807, 2.05) is 13.0 Å². The standard InChI is InChI=1S/C31H27F3N6O6/c1-4-30(31(32,33)34,46-28(41)21-6-8-23(9-7-21)40(43)44)26-18-38(37-36-26)17-20-11-13-39-24(15-20)16-25(29(42)45-5-2)27(39)22-10-12-35-19(3)14-22/h6-16,18H,4-5,17H2,1-3H3. The Labute approximate surface area is 259 Å². The molecular weight excluding hydrogens is 609 g/mol. The summed E-state index contributed by atoms with van der Waals surface area (Å²) in [6.07, 6.45) is -1.37. The smallest absolute Gasteiger partial charge is 0.434 e. The number of pyridine rings is 2. The van der Waals surface area contributed by atoms with Gasteiger partial charge in [-0.25, -0.2) is 14.3 Å². The van der Waals surface area contributed by atoms with Crippen molar-refractivity contribution in [3.05, 3.63) is 111 Å². The number of hydrogen-bond donors (Lipinski definition) is 0. The van der Waals surface area contributed by atoms with Crippen LogP contribution in [0.4, 0.5) is 18.9 Å². The first-order chi connectivity index (χ1) is 21.9. The van der Waals surface area contributed by atoms with Gasteiger partial charge in [0.05, 0.1) is 41.1 Å². The summed E-state index contributed by atoms with van der Waals surface area (Å²) in [5, 5.41) is 18.5. The highest BCUT2D eigenvalue weighted by Crippen LogP contribution is 2.44. The first kappa shape index (κ1) is 31.8. The van der Waals surface area contributed by atoms with Crippen LogP contribution >= 0.6 is 0 Å². The molecule has 15 heteroatoms. The van der Waals surface area contributed by atoms with Crippen molar-refractivity contribution in [1.82, 2.24) is 24.4 Å². The third kappa shape index (κ3) is 6.03. The number of rotatable bonds is 10. The Bertz CT molecular complexity index is 1940. The molecule has 0 saturated carbocycles. The topological polar surface area (TPSA) is 144 Å². The van der Waals surface area contributed by atoms with E-state index < -0.39 is 40.8 Å².